The van der Waals surface area contributed by atoms with Crippen molar-refractivity contribution >= 4 is 17.6 Å². The molecule has 1 fully saturated rings. The number of non-ortho nitro benzene ring substituents is 1. The van der Waals surface area contributed by atoms with Crippen molar-refractivity contribution < 1.29 is 24.4 Å². The third-order valence-electron chi connectivity index (χ3n) is 4.14. The van der Waals surface area contributed by atoms with Crippen molar-refractivity contribution in [3.63, 3.8) is 0 Å². The van der Waals surface area contributed by atoms with Crippen LogP contribution in [0.3, 0.4) is 0 Å². The lowest BCUT2D eigenvalue weighted by Crippen LogP contribution is -2.55. The molecule has 0 heterocycles. The van der Waals surface area contributed by atoms with Crippen LogP contribution in [-0.2, 0) is 9.59 Å². The maximum atomic E-state index is 12.1. The van der Waals surface area contributed by atoms with Gasteiger partial charge in [0.15, 0.2) is 6.61 Å². The topological polar surface area (TPSA) is 119 Å². The number of hydrogen-bond donors (Lipinski definition) is 2. The molecule has 0 atom stereocenters. The maximum Gasteiger partial charge on any atom is 0.329 e. The third-order valence-corrected chi connectivity index (χ3v) is 4.14. The highest BCUT2D eigenvalue weighted by Crippen LogP contribution is 2.27. The van der Waals surface area contributed by atoms with Crippen LogP contribution < -0.4 is 10.1 Å². The van der Waals surface area contributed by atoms with Crippen LogP contribution in [0.4, 0.5) is 5.69 Å². The second-order valence-corrected chi connectivity index (χ2v) is 5.89. The number of carboxylic acids is 1. The molecule has 1 amide bonds. The van der Waals surface area contributed by atoms with Crippen LogP contribution in [0.25, 0.3) is 0 Å². The molecule has 0 unspecified atom stereocenters. The SMILES string of the molecule is O=C(COc1cccc([N+](=O)[O-])c1)NC1(C(=O)O)CCCCCC1. The smallest absolute Gasteiger partial charge is 0.329 e. The predicted molar refractivity (Wildman–Crippen MR) is 84.8 cm³/mol. The van der Waals surface area contributed by atoms with Crippen LogP contribution in [-0.4, -0.2) is 34.1 Å². The highest BCUT2D eigenvalue weighted by Gasteiger charge is 2.40. The van der Waals surface area contributed by atoms with Crippen molar-refractivity contribution in [2.45, 2.75) is 44.1 Å². The molecule has 1 aliphatic rings. The summed E-state index contributed by atoms with van der Waals surface area (Å²) < 4.78 is 5.25. The number of nitro benzene ring substituents is 1. The van der Waals surface area contributed by atoms with E-state index >= 15 is 0 Å². The monoisotopic (exact) mass is 336 g/mol. The van der Waals surface area contributed by atoms with Crippen molar-refractivity contribution in [1.82, 2.24) is 5.32 Å². The minimum absolute atomic E-state index is 0.140. The number of aliphatic carboxylic acids is 1. The molecule has 2 rings (SSSR count). The Balaban J connectivity index is 1.97. The lowest BCUT2D eigenvalue weighted by atomic mass is 9.90. The number of rotatable bonds is 6. The summed E-state index contributed by atoms with van der Waals surface area (Å²) in [5.41, 5.74) is -1.39. The molecular formula is C16H20N2O6. The normalized spacial score (nSPS) is 16.7. The van der Waals surface area contributed by atoms with Crippen LogP contribution in [0, 0.1) is 10.1 Å². The first-order chi connectivity index (χ1) is 11.4. The Labute approximate surface area is 139 Å². The van der Waals surface area contributed by atoms with Crippen LogP contribution in [0.15, 0.2) is 24.3 Å². The Morgan fingerprint density at radius 3 is 2.50 bits per heavy atom. The van der Waals surface area contributed by atoms with Gasteiger partial charge in [-0.25, -0.2) is 4.79 Å². The largest absolute Gasteiger partial charge is 0.484 e. The lowest BCUT2D eigenvalue weighted by Gasteiger charge is -2.29. The van der Waals surface area contributed by atoms with Gasteiger partial charge >= 0.3 is 5.97 Å². The van der Waals surface area contributed by atoms with E-state index in [1.165, 1.54) is 24.3 Å². The molecule has 130 valence electrons. The Morgan fingerprint density at radius 1 is 1.25 bits per heavy atom. The molecule has 0 aliphatic heterocycles. The molecule has 2 N–H and O–H groups in total. The van der Waals surface area contributed by atoms with Crippen molar-refractivity contribution in [2.75, 3.05) is 6.61 Å². The number of carbonyl (C=O) groups excluding carboxylic acids is 1. The van der Waals surface area contributed by atoms with Crippen molar-refractivity contribution in [3.8, 4) is 5.75 Å². The van der Waals surface area contributed by atoms with Gasteiger partial charge in [0.1, 0.15) is 11.3 Å². The van der Waals surface area contributed by atoms with Crippen LogP contribution in [0.5, 0.6) is 5.75 Å². The minimum Gasteiger partial charge on any atom is -0.484 e. The number of carbonyl (C=O) groups is 2. The summed E-state index contributed by atoms with van der Waals surface area (Å²) in [5.74, 6) is -1.40. The molecule has 0 aromatic heterocycles. The fraction of sp³-hybridized carbons (Fsp3) is 0.500. The molecule has 1 saturated carbocycles. The van der Waals surface area contributed by atoms with Gasteiger partial charge in [-0.3, -0.25) is 14.9 Å². The summed E-state index contributed by atoms with van der Waals surface area (Å²) >= 11 is 0. The summed E-state index contributed by atoms with van der Waals surface area (Å²) in [6.45, 7) is -0.393. The van der Waals surface area contributed by atoms with E-state index in [2.05, 4.69) is 5.32 Å². The number of nitro groups is 1. The maximum absolute atomic E-state index is 12.1. The predicted octanol–water partition coefficient (Wildman–Crippen LogP) is 2.27. The molecular weight excluding hydrogens is 316 g/mol. The van der Waals surface area contributed by atoms with E-state index in [4.69, 9.17) is 4.74 Å². The summed E-state index contributed by atoms with van der Waals surface area (Å²) in [5, 5.41) is 22.8. The summed E-state index contributed by atoms with van der Waals surface area (Å²) in [6, 6.07) is 5.48. The third kappa shape index (κ3) is 4.43. The first kappa shape index (κ1) is 17.7. The van der Waals surface area contributed by atoms with Crippen LogP contribution >= 0.6 is 0 Å². The molecule has 1 aliphatic carbocycles. The number of nitrogens with one attached hydrogen (secondary N) is 1. The van der Waals surface area contributed by atoms with Gasteiger partial charge in [0.2, 0.25) is 0 Å². The van der Waals surface area contributed by atoms with Gasteiger partial charge in [-0.05, 0) is 18.9 Å². The summed E-state index contributed by atoms with van der Waals surface area (Å²) in [6.07, 6.45) is 4.19. The highest BCUT2D eigenvalue weighted by atomic mass is 16.6. The quantitative estimate of drug-likeness (QED) is 0.467. The van der Waals surface area contributed by atoms with Gasteiger partial charge < -0.3 is 15.2 Å². The fourth-order valence-corrected chi connectivity index (χ4v) is 2.86. The highest BCUT2D eigenvalue weighted by molar-refractivity contribution is 5.87. The zero-order valence-electron chi connectivity index (χ0n) is 13.2. The molecule has 0 radical (unpaired) electrons. The number of carboxylic acid groups (broad SMARTS) is 1. The van der Waals surface area contributed by atoms with Gasteiger partial charge in [-0.2, -0.15) is 0 Å². The van der Waals surface area contributed by atoms with Crippen LogP contribution in [0.1, 0.15) is 38.5 Å². The average molecular weight is 336 g/mol. The standard InChI is InChI=1S/C16H20N2O6/c19-14(11-24-13-7-5-6-12(10-13)18(22)23)17-16(15(20)21)8-3-1-2-4-9-16/h5-7,10H,1-4,8-9,11H2,(H,17,19)(H,20,21). The average Bonchev–Trinajstić information content (AvgIpc) is 2.80. The number of ether oxygens (including phenoxy) is 1. The first-order valence-electron chi connectivity index (χ1n) is 7.85. The summed E-state index contributed by atoms with van der Waals surface area (Å²) in [4.78, 5) is 33.9. The molecule has 0 bridgehead atoms. The zero-order valence-corrected chi connectivity index (χ0v) is 13.2. The molecule has 1 aromatic rings. The van der Waals surface area contributed by atoms with E-state index in [9.17, 15) is 24.8 Å². The number of hydrogen-bond acceptors (Lipinski definition) is 5. The fourth-order valence-electron chi connectivity index (χ4n) is 2.86. The van der Waals surface area contributed by atoms with Crippen molar-refractivity contribution in [1.29, 1.82) is 0 Å². The van der Waals surface area contributed by atoms with E-state index < -0.39 is 28.9 Å². The molecule has 8 heteroatoms. The van der Waals surface area contributed by atoms with Crippen molar-refractivity contribution in [2.24, 2.45) is 0 Å². The Morgan fingerprint density at radius 2 is 1.92 bits per heavy atom. The second-order valence-electron chi connectivity index (χ2n) is 5.89. The molecule has 0 spiro atoms. The lowest BCUT2D eigenvalue weighted by molar-refractivity contribution is -0.384. The Bertz CT molecular complexity index is 623. The number of nitrogens with zero attached hydrogens (tertiary/aromatic N) is 1. The van der Waals surface area contributed by atoms with Crippen molar-refractivity contribution in [3.05, 3.63) is 34.4 Å². The van der Waals surface area contributed by atoms with E-state index in [-0.39, 0.29) is 11.4 Å². The van der Waals surface area contributed by atoms with Gasteiger partial charge in [-0.15, -0.1) is 0 Å². The molecule has 24 heavy (non-hydrogen) atoms. The van der Waals surface area contributed by atoms with Gasteiger partial charge in [0.25, 0.3) is 11.6 Å². The summed E-state index contributed by atoms with van der Waals surface area (Å²) in [7, 11) is 0. The number of benzene rings is 1. The second kappa shape index (κ2) is 7.76. The minimum atomic E-state index is -1.25. The Kier molecular flexibility index (Phi) is 5.73. The molecule has 8 nitrogen and oxygen atoms in total. The van der Waals surface area contributed by atoms with E-state index in [0.717, 1.165) is 25.7 Å². The molecule has 1 aromatic carbocycles. The Hall–Kier alpha value is -2.64. The first-order valence-corrected chi connectivity index (χ1v) is 7.85. The van der Waals surface area contributed by atoms with Crippen LogP contribution in [0.2, 0.25) is 0 Å². The van der Waals surface area contributed by atoms with E-state index in [1.54, 1.807) is 0 Å². The van der Waals surface area contributed by atoms with Gasteiger partial charge in [-0.1, -0.05) is 31.7 Å². The number of amides is 1. The molecule has 0 saturated heterocycles. The van der Waals surface area contributed by atoms with Gasteiger partial charge in [0.05, 0.1) is 11.0 Å². The van der Waals surface area contributed by atoms with E-state index in [1.807, 2.05) is 0 Å². The zero-order chi connectivity index (χ0) is 17.6. The van der Waals surface area contributed by atoms with E-state index in [0.29, 0.717) is 12.8 Å². The van der Waals surface area contributed by atoms with Gasteiger partial charge in [0, 0.05) is 6.07 Å².